The Bertz CT molecular complexity index is 392. The van der Waals surface area contributed by atoms with Gasteiger partial charge in [0.25, 0.3) is 0 Å². The monoisotopic (exact) mass is 236 g/mol. The van der Waals surface area contributed by atoms with Gasteiger partial charge < -0.3 is 5.73 Å². The third kappa shape index (κ3) is 2.85. The molecule has 1 aliphatic rings. The van der Waals surface area contributed by atoms with Gasteiger partial charge in [-0.15, -0.1) is 0 Å². The molecule has 1 aromatic rings. The van der Waals surface area contributed by atoms with Crippen molar-refractivity contribution in [1.29, 1.82) is 0 Å². The van der Waals surface area contributed by atoms with E-state index in [-0.39, 0.29) is 5.82 Å². The lowest BCUT2D eigenvalue weighted by molar-refractivity contribution is 0.253. The van der Waals surface area contributed by atoms with Crippen LogP contribution in [0.5, 0.6) is 0 Å². The lowest BCUT2D eigenvalue weighted by Crippen LogP contribution is -2.27. The van der Waals surface area contributed by atoms with Crippen LogP contribution in [0.3, 0.4) is 0 Å². The molecule has 0 spiro atoms. The first-order chi connectivity index (χ1) is 8.10. The van der Waals surface area contributed by atoms with Crippen molar-refractivity contribution in [2.24, 2.45) is 11.7 Å². The first kappa shape index (κ1) is 12.5. The average Bonchev–Trinajstić information content (AvgIpc) is 2.60. The van der Waals surface area contributed by atoms with E-state index in [1.807, 2.05) is 6.07 Å². The molecule has 17 heavy (non-hydrogen) atoms. The second-order valence-corrected chi connectivity index (χ2v) is 5.25. The van der Waals surface area contributed by atoms with Crippen LogP contribution in [0.15, 0.2) is 18.2 Å². The van der Waals surface area contributed by atoms with Crippen molar-refractivity contribution < 1.29 is 4.39 Å². The van der Waals surface area contributed by atoms with Gasteiger partial charge in [-0.25, -0.2) is 4.39 Å². The van der Waals surface area contributed by atoms with Crippen molar-refractivity contribution in [3.63, 3.8) is 0 Å². The van der Waals surface area contributed by atoms with Crippen LogP contribution in [0.2, 0.25) is 0 Å². The standard InChI is InChI=1S/C14H21FN2/c1-10-5-11(2)17(8-10)9-13-6-12(7-16)3-4-14(13)15/h3-4,6,10-11H,5,7-9,16H2,1-2H3. The molecule has 1 heterocycles. The zero-order chi connectivity index (χ0) is 12.4. The Morgan fingerprint density at radius 3 is 2.76 bits per heavy atom. The number of benzene rings is 1. The normalized spacial score (nSPS) is 25.4. The van der Waals surface area contributed by atoms with Crippen LogP contribution in [0.25, 0.3) is 0 Å². The fourth-order valence-electron chi connectivity index (χ4n) is 2.70. The van der Waals surface area contributed by atoms with Gasteiger partial charge in [0, 0.05) is 31.2 Å². The van der Waals surface area contributed by atoms with Gasteiger partial charge in [-0.1, -0.05) is 19.1 Å². The first-order valence-electron chi connectivity index (χ1n) is 6.31. The Morgan fingerprint density at radius 2 is 2.18 bits per heavy atom. The van der Waals surface area contributed by atoms with Gasteiger partial charge in [-0.05, 0) is 30.9 Å². The van der Waals surface area contributed by atoms with Crippen LogP contribution in [0, 0.1) is 11.7 Å². The van der Waals surface area contributed by atoms with Gasteiger partial charge in [0.15, 0.2) is 0 Å². The third-order valence-electron chi connectivity index (χ3n) is 3.63. The summed E-state index contributed by atoms with van der Waals surface area (Å²) in [5, 5.41) is 0. The molecule has 2 N–H and O–H groups in total. The molecule has 2 atom stereocenters. The molecule has 2 rings (SSSR count). The summed E-state index contributed by atoms with van der Waals surface area (Å²) in [6, 6.07) is 5.73. The van der Waals surface area contributed by atoms with Gasteiger partial charge in [0.1, 0.15) is 5.82 Å². The Hall–Kier alpha value is -0.930. The topological polar surface area (TPSA) is 29.3 Å². The Morgan fingerprint density at radius 1 is 1.41 bits per heavy atom. The van der Waals surface area contributed by atoms with Crippen LogP contribution >= 0.6 is 0 Å². The van der Waals surface area contributed by atoms with Crippen molar-refractivity contribution in [2.45, 2.75) is 39.4 Å². The molecule has 0 aromatic heterocycles. The van der Waals surface area contributed by atoms with E-state index in [4.69, 9.17) is 5.73 Å². The Labute approximate surface area is 103 Å². The summed E-state index contributed by atoms with van der Waals surface area (Å²) in [5.74, 6) is 0.597. The van der Waals surface area contributed by atoms with Crippen LogP contribution in [-0.4, -0.2) is 17.5 Å². The highest BCUT2D eigenvalue weighted by atomic mass is 19.1. The fourth-order valence-corrected chi connectivity index (χ4v) is 2.70. The summed E-state index contributed by atoms with van der Waals surface area (Å²) >= 11 is 0. The maximum atomic E-state index is 13.7. The average molecular weight is 236 g/mol. The molecule has 1 fully saturated rings. The van der Waals surface area contributed by atoms with E-state index in [0.717, 1.165) is 17.7 Å². The molecule has 3 heteroatoms. The summed E-state index contributed by atoms with van der Waals surface area (Å²) in [6.07, 6.45) is 1.21. The molecule has 0 saturated carbocycles. The highest BCUT2D eigenvalue weighted by molar-refractivity contribution is 5.25. The predicted octanol–water partition coefficient (Wildman–Crippen LogP) is 2.51. The number of hydrogen-bond acceptors (Lipinski definition) is 2. The summed E-state index contributed by atoms with van der Waals surface area (Å²) in [5.41, 5.74) is 7.36. The molecule has 0 radical (unpaired) electrons. The smallest absolute Gasteiger partial charge is 0.127 e. The van der Waals surface area contributed by atoms with Gasteiger partial charge in [-0.2, -0.15) is 0 Å². The minimum absolute atomic E-state index is 0.117. The Balaban J connectivity index is 2.12. The van der Waals surface area contributed by atoms with E-state index in [0.29, 0.717) is 25.0 Å². The SMILES string of the molecule is CC1CC(C)N(Cc2cc(CN)ccc2F)C1. The van der Waals surface area contributed by atoms with E-state index < -0.39 is 0 Å². The highest BCUT2D eigenvalue weighted by Crippen LogP contribution is 2.25. The number of nitrogens with two attached hydrogens (primary N) is 1. The molecule has 1 aromatic carbocycles. The highest BCUT2D eigenvalue weighted by Gasteiger charge is 2.26. The quantitative estimate of drug-likeness (QED) is 0.873. The van der Waals surface area contributed by atoms with Crippen LogP contribution in [-0.2, 0) is 13.1 Å². The lowest BCUT2D eigenvalue weighted by Gasteiger charge is -2.21. The second-order valence-electron chi connectivity index (χ2n) is 5.25. The lowest BCUT2D eigenvalue weighted by atomic mass is 10.1. The third-order valence-corrected chi connectivity index (χ3v) is 3.63. The van der Waals surface area contributed by atoms with Crippen molar-refractivity contribution in [1.82, 2.24) is 4.90 Å². The number of rotatable bonds is 3. The molecule has 0 amide bonds. The largest absolute Gasteiger partial charge is 0.326 e. The van der Waals surface area contributed by atoms with Gasteiger partial charge in [0.2, 0.25) is 0 Å². The summed E-state index contributed by atoms with van der Waals surface area (Å²) < 4.78 is 13.7. The van der Waals surface area contributed by atoms with Crippen molar-refractivity contribution >= 4 is 0 Å². The van der Waals surface area contributed by atoms with E-state index in [1.165, 1.54) is 12.5 Å². The van der Waals surface area contributed by atoms with E-state index >= 15 is 0 Å². The van der Waals surface area contributed by atoms with Gasteiger partial charge in [0.05, 0.1) is 0 Å². The number of nitrogens with zero attached hydrogens (tertiary/aromatic N) is 1. The molecule has 0 bridgehead atoms. The minimum atomic E-state index is -0.117. The molecule has 2 unspecified atom stereocenters. The molecular formula is C14H21FN2. The van der Waals surface area contributed by atoms with Crippen LogP contribution < -0.4 is 5.73 Å². The molecule has 2 nitrogen and oxygen atoms in total. The van der Waals surface area contributed by atoms with E-state index in [9.17, 15) is 4.39 Å². The fraction of sp³-hybridized carbons (Fsp3) is 0.571. The first-order valence-corrected chi connectivity index (χ1v) is 6.31. The van der Waals surface area contributed by atoms with E-state index in [1.54, 1.807) is 6.07 Å². The second kappa shape index (κ2) is 5.15. The van der Waals surface area contributed by atoms with Crippen LogP contribution in [0.1, 0.15) is 31.4 Å². The Kier molecular flexibility index (Phi) is 3.79. The van der Waals surface area contributed by atoms with Crippen LogP contribution in [0.4, 0.5) is 4.39 Å². The number of hydrogen-bond donors (Lipinski definition) is 1. The summed E-state index contributed by atoms with van der Waals surface area (Å²) in [6.45, 7) is 6.70. The van der Waals surface area contributed by atoms with Gasteiger partial charge >= 0.3 is 0 Å². The minimum Gasteiger partial charge on any atom is -0.326 e. The molecule has 1 saturated heterocycles. The number of halogens is 1. The van der Waals surface area contributed by atoms with Crippen molar-refractivity contribution in [3.8, 4) is 0 Å². The van der Waals surface area contributed by atoms with E-state index in [2.05, 4.69) is 18.7 Å². The van der Waals surface area contributed by atoms with Gasteiger partial charge in [-0.3, -0.25) is 4.90 Å². The van der Waals surface area contributed by atoms with Crippen molar-refractivity contribution in [2.75, 3.05) is 6.54 Å². The summed E-state index contributed by atoms with van der Waals surface area (Å²) in [4.78, 5) is 2.35. The maximum absolute atomic E-state index is 13.7. The number of likely N-dealkylation sites (tertiary alicyclic amines) is 1. The zero-order valence-electron chi connectivity index (χ0n) is 10.6. The molecule has 94 valence electrons. The molecular weight excluding hydrogens is 215 g/mol. The molecule has 0 aliphatic carbocycles. The van der Waals surface area contributed by atoms with Crippen molar-refractivity contribution in [3.05, 3.63) is 35.1 Å². The predicted molar refractivity (Wildman–Crippen MR) is 67.9 cm³/mol. The zero-order valence-corrected chi connectivity index (χ0v) is 10.6. The summed E-state index contributed by atoms with van der Waals surface area (Å²) in [7, 11) is 0. The molecule has 1 aliphatic heterocycles. The maximum Gasteiger partial charge on any atom is 0.127 e.